The van der Waals surface area contributed by atoms with Crippen molar-refractivity contribution < 1.29 is 0 Å². The monoisotopic (exact) mass is 141 g/mol. The summed E-state index contributed by atoms with van der Waals surface area (Å²) in [5.41, 5.74) is 5.52. The summed E-state index contributed by atoms with van der Waals surface area (Å²) in [4.78, 5) is 0. The van der Waals surface area contributed by atoms with Crippen molar-refractivity contribution in [2.75, 3.05) is 0 Å². The van der Waals surface area contributed by atoms with Crippen LogP contribution in [0.4, 0.5) is 0 Å². The van der Waals surface area contributed by atoms with Crippen molar-refractivity contribution >= 4 is 0 Å². The molecule has 1 aromatic rings. The molecular weight excluding hydrogens is 130 g/mol. The van der Waals surface area contributed by atoms with E-state index in [0.717, 1.165) is 18.7 Å². The smallest absolute Gasteiger partial charge is 0.174 e. The number of nitrogens with zero attached hydrogens (tertiary/aromatic N) is 3. The van der Waals surface area contributed by atoms with Crippen LogP contribution in [-0.2, 0) is 6.42 Å². The first-order valence-corrected chi connectivity index (χ1v) is 3.27. The Morgan fingerprint density at radius 1 is 1.70 bits per heavy atom. The second-order valence-electron chi connectivity index (χ2n) is 2.34. The molecule has 1 aromatic heterocycles. The van der Waals surface area contributed by atoms with Crippen LogP contribution in [0.1, 0.15) is 19.2 Å². The maximum absolute atomic E-state index is 5.52. The first kappa shape index (κ1) is 7.14. The number of H-pyrrole nitrogens is 1. The van der Waals surface area contributed by atoms with E-state index in [-0.39, 0.29) is 6.04 Å². The zero-order valence-electron chi connectivity index (χ0n) is 5.91. The van der Waals surface area contributed by atoms with Crippen molar-refractivity contribution in [1.29, 1.82) is 0 Å². The highest BCUT2D eigenvalue weighted by atomic mass is 15.5. The molecule has 0 bridgehead atoms. The molecule has 0 fully saturated rings. The second-order valence-corrected chi connectivity index (χ2v) is 2.34. The number of nitrogens with one attached hydrogen (secondary N) is 1. The number of rotatable bonds is 3. The molecule has 1 atom stereocenters. The lowest BCUT2D eigenvalue weighted by atomic mass is 10.2. The number of tetrazole rings is 1. The van der Waals surface area contributed by atoms with Crippen LogP contribution in [0.5, 0.6) is 0 Å². The average Bonchev–Trinajstić information content (AvgIpc) is 2.34. The molecule has 5 heteroatoms. The third kappa shape index (κ3) is 2.10. The van der Waals surface area contributed by atoms with Crippen LogP contribution >= 0.6 is 0 Å². The Hall–Kier alpha value is -0.970. The molecule has 3 N–H and O–H groups in total. The molecular formula is C5H11N5. The molecule has 0 aliphatic rings. The number of hydrogen-bond acceptors (Lipinski definition) is 4. The van der Waals surface area contributed by atoms with E-state index in [1.54, 1.807) is 0 Å². The second kappa shape index (κ2) is 3.26. The van der Waals surface area contributed by atoms with Gasteiger partial charge >= 0.3 is 0 Å². The Balaban J connectivity index is 2.28. The molecule has 0 saturated carbocycles. The quantitative estimate of drug-likeness (QED) is 0.593. The van der Waals surface area contributed by atoms with Crippen molar-refractivity contribution in [3.05, 3.63) is 5.82 Å². The van der Waals surface area contributed by atoms with Crippen molar-refractivity contribution in [2.45, 2.75) is 25.8 Å². The lowest BCUT2D eigenvalue weighted by Gasteiger charge is -1.98. The van der Waals surface area contributed by atoms with Gasteiger partial charge in [0.25, 0.3) is 0 Å². The fourth-order valence-electron chi connectivity index (χ4n) is 0.645. The fraction of sp³-hybridized carbons (Fsp3) is 0.800. The highest BCUT2D eigenvalue weighted by molar-refractivity contribution is 4.76. The topological polar surface area (TPSA) is 80.5 Å². The molecule has 56 valence electrons. The first-order valence-electron chi connectivity index (χ1n) is 3.27. The van der Waals surface area contributed by atoms with Gasteiger partial charge in [0.2, 0.25) is 0 Å². The van der Waals surface area contributed by atoms with Gasteiger partial charge in [-0.05, 0) is 13.3 Å². The summed E-state index contributed by atoms with van der Waals surface area (Å²) >= 11 is 0. The molecule has 0 aromatic carbocycles. The zero-order valence-corrected chi connectivity index (χ0v) is 5.91. The van der Waals surface area contributed by atoms with Gasteiger partial charge in [-0.1, -0.05) is 5.21 Å². The van der Waals surface area contributed by atoms with Gasteiger partial charge in [0.05, 0.1) is 0 Å². The molecule has 1 heterocycles. The van der Waals surface area contributed by atoms with Gasteiger partial charge in [-0.15, -0.1) is 10.2 Å². The summed E-state index contributed by atoms with van der Waals surface area (Å²) in [6.45, 7) is 1.96. The van der Waals surface area contributed by atoms with Crippen LogP contribution in [0.3, 0.4) is 0 Å². The lowest BCUT2D eigenvalue weighted by molar-refractivity contribution is 0.648. The van der Waals surface area contributed by atoms with Gasteiger partial charge in [-0.3, -0.25) is 0 Å². The molecule has 0 amide bonds. The molecule has 0 saturated heterocycles. The van der Waals surface area contributed by atoms with E-state index in [4.69, 9.17) is 5.73 Å². The highest BCUT2D eigenvalue weighted by Gasteiger charge is 1.99. The Morgan fingerprint density at radius 2 is 2.50 bits per heavy atom. The van der Waals surface area contributed by atoms with Crippen LogP contribution in [0.15, 0.2) is 0 Å². The lowest BCUT2D eigenvalue weighted by Crippen LogP contribution is -2.15. The van der Waals surface area contributed by atoms with Crippen molar-refractivity contribution in [2.24, 2.45) is 5.73 Å². The van der Waals surface area contributed by atoms with Gasteiger partial charge in [-0.2, -0.15) is 5.21 Å². The summed E-state index contributed by atoms with van der Waals surface area (Å²) in [6, 6.07) is 0.207. The normalized spacial score (nSPS) is 13.4. The van der Waals surface area contributed by atoms with Crippen LogP contribution in [0.25, 0.3) is 0 Å². The predicted molar refractivity (Wildman–Crippen MR) is 36.1 cm³/mol. The van der Waals surface area contributed by atoms with Gasteiger partial charge in [0.15, 0.2) is 5.82 Å². The number of hydrogen-bond donors (Lipinski definition) is 2. The van der Waals surface area contributed by atoms with E-state index in [9.17, 15) is 0 Å². The number of aromatic nitrogens is 4. The largest absolute Gasteiger partial charge is 0.328 e. The van der Waals surface area contributed by atoms with Gasteiger partial charge in [-0.25, -0.2) is 0 Å². The Kier molecular flexibility index (Phi) is 2.33. The third-order valence-corrected chi connectivity index (χ3v) is 1.21. The van der Waals surface area contributed by atoms with E-state index >= 15 is 0 Å². The zero-order chi connectivity index (χ0) is 7.40. The van der Waals surface area contributed by atoms with E-state index in [2.05, 4.69) is 20.6 Å². The van der Waals surface area contributed by atoms with Crippen molar-refractivity contribution in [3.8, 4) is 0 Å². The van der Waals surface area contributed by atoms with Gasteiger partial charge in [0, 0.05) is 12.5 Å². The fourth-order valence-corrected chi connectivity index (χ4v) is 0.645. The molecule has 0 aliphatic heterocycles. The first-order chi connectivity index (χ1) is 4.79. The van der Waals surface area contributed by atoms with Gasteiger partial charge < -0.3 is 5.73 Å². The molecule has 5 nitrogen and oxygen atoms in total. The minimum atomic E-state index is 0.207. The van der Waals surface area contributed by atoms with Gasteiger partial charge in [0.1, 0.15) is 0 Å². The van der Waals surface area contributed by atoms with Crippen molar-refractivity contribution in [1.82, 2.24) is 20.6 Å². The van der Waals surface area contributed by atoms with Crippen LogP contribution in [-0.4, -0.2) is 26.7 Å². The van der Waals surface area contributed by atoms with E-state index in [0.29, 0.717) is 0 Å². The average molecular weight is 141 g/mol. The summed E-state index contributed by atoms with van der Waals surface area (Å²) in [5.74, 6) is 0.734. The SMILES string of the molecule is C[C@@H](N)CCc1nn[nH]n1. The summed E-state index contributed by atoms with van der Waals surface area (Å²) in [7, 11) is 0. The van der Waals surface area contributed by atoms with Crippen LogP contribution in [0.2, 0.25) is 0 Å². The molecule has 0 unspecified atom stereocenters. The summed E-state index contributed by atoms with van der Waals surface area (Å²) < 4.78 is 0. The van der Waals surface area contributed by atoms with E-state index < -0.39 is 0 Å². The predicted octanol–water partition coefficient (Wildman–Crippen LogP) is -0.520. The molecule has 0 spiro atoms. The standard InChI is InChI=1S/C5H11N5/c1-4(6)2-3-5-7-9-10-8-5/h4H,2-3,6H2,1H3,(H,7,8,9,10)/t4-/m1/s1. The van der Waals surface area contributed by atoms with Crippen molar-refractivity contribution in [3.63, 3.8) is 0 Å². The van der Waals surface area contributed by atoms with Crippen LogP contribution < -0.4 is 5.73 Å². The Labute approximate surface area is 59.0 Å². The number of aromatic amines is 1. The van der Waals surface area contributed by atoms with E-state index in [1.807, 2.05) is 6.92 Å². The Bertz CT molecular complexity index is 168. The Morgan fingerprint density at radius 3 is 3.00 bits per heavy atom. The maximum atomic E-state index is 5.52. The molecule has 0 aliphatic carbocycles. The third-order valence-electron chi connectivity index (χ3n) is 1.21. The minimum Gasteiger partial charge on any atom is -0.328 e. The summed E-state index contributed by atoms with van der Waals surface area (Å²) in [6.07, 6.45) is 1.70. The molecule has 10 heavy (non-hydrogen) atoms. The number of nitrogens with two attached hydrogens (primary N) is 1. The maximum Gasteiger partial charge on any atom is 0.174 e. The van der Waals surface area contributed by atoms with E-state index in [1.165, 1.54) is 0 Å². The summed E-state index contributed by atoms with van der Waals surface area (Å²) in [5, 5.41) is 13.4. The molecule has 1 rings (SSSR count). The number of aryl methyl sites for hydroxylation is 1. The minimum absolute atomic E-state index is 0.207. The molecule has 0 radical (unpaired) electrons. The van der Waals surface area contributed by atoms with Crippen LogP contribution in [0, 0.1) is 0 Å². The highest BCUT2D eigenvalue weighted by Crippen LogP contribution is 1.93.